The molecule has 0 aliphatic rings. The van der Waals surface area contributed by atoms with E-state index in [1.54, 1.807) is 19.1 Å². The molecule has 0 bridgehead atoms. The number of unbranched alkanes of at least 4 members (excludes halogenated alkanes) is 5. The van der Waals surface area contributed by atoms with Crippen LogP contribution in [-0.2, 0) is 9.53 Å². The Bertz CT molecular complexity index is 760. The molecular weight excluding hydrogens is 382 g/mol. The lowest BCUT2D eigenvalue weighted by atomic mass is 10.1. The van der Waals surface area contributed by atoms with E-state index in [1.165, 1.54) is 48.8 Å². The van der Waals surface area contributed by atoms with Crippen LogP contribution in [0.3, 0.4) is 0 Å². The van der Waals surface area contributed by atoms with Crippen LogP contribution in [0.4, 0.5) is 0 Å². The van der Waals surface area contributed by atoms with Crippen molar-refractivity contribution in [3.8, 4) is 0 Å². The normalized spacial score (nSPS) is 12.2. The Morgan fingerprint density at radius 2 is 1.93 bits per heavy atom. The molecule has 1 aromatic carbocycles. The number of aromatic nitrogens is 1. The Labute approximate surface area is 168 Å². The zero-order valence-electron chi connectivity index (χ0n) is 15.9. The van der Waals surface area contributed by atoms with Crippen LogP contribution >= 0.6 is 23.1 Å². The van der Waals surface area contributed by atoms with Gasteiger partial charge in [-0.3, -0.25) is 4.79 Å². The molecule has 1 unspecified atom stereocenters. The van der Waals surface area contributed by atoms with E-state index in [0.29, 0.717) is 24.1 Å². The van der Waals surface area contributed by atoms with Gasteiger partial charge in [0, 0.05) is 0 Å². The average molecular weight is 410 g/mol. The van der Waals surface area contributed by atoms with Crippen LogP contribution in [0.1, 0.15) is 69.2 Å². The first-order valence-electron chi connectivity index (χ1n) is 9.52. The molecule has 5 nitrogen and oxygen atoms in total. The van der Waals surface area contributed by atoms with Gasteiger partial charge in [0.2, 0.25) is 0 Å². The molecule has 0 radical (unpaired) electrons. The quantitative estimate of drug-likeness (QED) is 0.272. The fourth-order valence-electron chi connectivity index (χ4n) is 2.76. The zero-order valence-corrected chi connectivity index (χ0v) is 17.5. The van der Waals surface area contributed by atoms with Crippen LogP contribution in [-0.4, -0.2) is 33.9 Å². The fraction of sp³-hybridized carbons (Fsp3) is 0.550. The van der Waals surface area contributed by atoms with E-state index in [1.807, 2.05) is 6.07 Å². The number of carbonyl (C=O) groups is 2. The molecule has 0 aliphatic carbocycles. The van der Waals surface area contributed by atoms with Crippen LogP contribution in [0.2, 0.25) is 0 Å². The third kappa shape index (κ3) is 6.81. The van der Waals surface area contributed by atoms with Gasteiger partial charge >= 0.3 is 11.9 Å². The van der Waals surface area contributed by atoms with Crippen LogP contribution < -0.4 is 0 Å². The van der Waals surface area contributed by atoms with E-state index in [4.69, 9.17) is 4.74 Å². The third-order valence-electron chi connectivity index (χ3n) is 4.22. The van der Waals surface area contributed by atoms with Gasteiger partial charge in [0.05, 0.1) is 22.4 Å². The van der Waals surface area contributed by atoms with Crippen molar-refractivity contribution in [2.24, 2.45) is 0 Å². The molecule has 1 heterocycles. The number of esters is 1. The summed E-state index contributed by atoms with van der Waals surface area (Å²) in [5, 5.41) is 9.04. The maximum Gasteiger partial charge on any atom is 0.338 e. The van der Waals surface area contributed by atoms with E-state index in [2.05, 4.69) is 11.9 Å². The number of carboxylic acids is 1. The van der Waals surface area contributed by atoms with Crippen molar-refractivity contribution >= 4 is 45.3 Å². The first-order valence-corrected chi connectivity index (χ1v) is 11.2. The largest absolute Gasteiger partial charge is 0.480 e. The summed E-state index contributed by atoms with van der Waals surface area (Å²) in [7, 11) is 0. The fourth-order valence-corrected chi connectivity index (χ4v) is 5.03. The number of fused-ring (bicyclic) bond motifs is 1. The highest BCUT2D eigenvalue weighted by molar-refractivity contribution is 8.02. The molecule has 0 spiro atoms. The number of thioether (sulfide) groups is 1. The minimum Gasteiger partial charge on any atom is -0.480 e. The maximum absolute atomic E-state index is 11.8. The average Bonchev–Trinajstić information content (AvgIpc) is 3.05. The SMILES string of the molecule is CCCCCCCCC(Sc1nc2cc(C(=O)OCC)ccc2s1)C(=O)O. The molecule has 1 N–H and O–H groups in total. The van der Waals surface area contributed by atoms with E-state index in [0.717, 1.165) is 21.9 Å². The molecular formula is C20H27NO4S2. The summed E-state index contributed by atoms with van der Waals surface area (Å²) in [6.07, 6.45) is 7.50. The van der Waals surface area contributed by atoms with Gasteiger partial charge < -0.3 is 9.84 Å². The number of rotatable bonds is 12. The van der Waals surface area contributed by atoms with E-state index in [9.17, 15) is 14.7 Å². The van der Waals surface area contributed by atoms with E-state index < -0.39 is 11.2 Å². The highest BCUT2D eigenvalue weighted by Gasteiger charge is 2.21. The number of thiazole rings is 1. The molecule has 0 fully saturated rings. The van der Waals surface area contributed by atoms with Crippen molar-refractivity contribution in [1.29, 1.82) is 0 Å². The molecule has 0 saturated heterocycles. The molecule has 1 atom stereocenters. The summed E-state index contributed by atoms with van der Waals surface area (Å²) in [6, 6.07) is 5.27. The monoisotopic (exact) mass is 409 g/mol. The predicted octanol–water partition coefficient (Wildman–Crippen LogP) is 5.77. The van der Waals surface area contributed by atoms with Gasteiger partial charge in [-0.1, -0.05) is 57.2 Å². The summed E-state index contributed by atoms with van der Waals surface area (Å²) in [4.78, 5) is 28.0. The second-order valence-corrected chi connectivity index (χ2v) is 8.86. The molecule has 0 amide bonds. The van der Waals surface area contributed by atoms with Gasteiger partial charge in [-0.05, 0) is 31.5 Å². The number of carboxylic acid groups (broad SMARTS) is 1. The third-order valence-corrected chi connectivity index (χ3v) is 6.60. The van der Waals surface area contributed by atoms with Gasteiger partial charge in [0.25, 0.3) is 0 Å². The van der Waals surface area contributed by atoms with Gasteiger partial charge in [0.15, 0.2) is 4.34 Å². The molecule has 148 valence electrons. The van der Waals surface area contributed by atoms with Crippen molar-refractivity contribution in [2.75, 3.05) is 6.61 Å². The van der Waals surface area contributed by atoms with E-state index in [-0.39, 0.29) is 5.97 Å². The smallest absolute Gasteiger partial charge is 0.338 e. The number of hydrogen-bond acceptors (Lipinski definition) is 6. The number of ether oxygens (including phenoxy) is 1. The van der Waals surface area contributed by atoms with Crippen molar-refractivity contribution in [1.82, 2.24) is 4.98 Å². The Morgan fingerprint density at radius 1 is 1.19 bits per heavy atom. The highest BCUT2D eigenvalue weighted by Crippen LogP contribution is 2.34. The Hall–Kier alpha value is -1.60. The van der Waals surface area contributed by atoms with Crippen LogP contribution in [0.5, 0.6) is 0 Å². The first kappa shape index (κ1) is 21.7. The number of carbonyl (C=O) groups excluding carboxylic acids is 1. The minimum absolute atomic E-state index is 0.327. The van der Waals surface area contributed by atoms with Gasteiger partial charge in [-0.15, -0.1) is 11.3 Å². The number of aliphatic carboxylic acids is 1. The Balaban J connectivity index is 1.97. The predicted molar refractivity (Wildman–Crippen MR) is 111 cm³/mol. The standard InChI is InChI=1S/C20H27NO4S2/c1-3-5-6-7-8-9-10-17(18(22)23)27-20-21-15-13-14(19(24)25-4-2)11-12-16(15)26-20/h11-13,17H,3-10H2,1-2H3,(H,22,23). The molecule has 27 heavy (non-hydrogen) atoms. The summed E-state index contributed by atoms with van der Waals surface area (Å²) >= 11 is 2.77. The second kappa shape index (κ2) is 11.3. The molecule has 0 saturated carbocycles. The Kier molecular flexibility index (Phi) is 9.07. The van der Waals surface area contributed by atoms with Crippen molar-refractivity contribution < 1.29 is 19.4 Å². The van der Waals surface area contributed by atoms with Crippen LogP contribution in [0, 0.1) is 0 Å². The second-order valence-electron chi connectivity index (χ2n) is 6.38. The number of nitrogens with zero attached hydrogens (tertiary/aromatic N) is 1. The molecule has 2 aromatic rings. The van der Waals surface area contributed by atoms with E-state index >= 15 is 0 Å². The van der Waals surface area contributed by atoms with Gasteiger partial charge in [-0.2, -0.15) is 0 Å². The zero-order chi connectivity index (χ0) is 19.6. The molecule has 7 heteroatoms. The molecule has 2 rings (SSSR count). The van der Waals surface area contributed by atoms with Gasteiger partial charge in [0.1, 0.15) is 5.25 Å². The number of hydrogen-bond donors (Lipinski definition) is 1. The summed E-state index contributed by atoms with van der Waals surface area (Å²) in [5.74, 6) is -1.16. The Morgan fingerprint density at radius 3 is 2.63 bits per heavy atom. The number of benzene rings is 1. The van der Waals surface area contributed by atoms with Crippen molar-refractivity contribution in [3.05, 3.63) is 23.8 Å². The van der Waals surface area contributed by atoms with Crippen LogP contribution in [0.25, 0.3) is 10.2 Å². The lowest BCUT2D eigenvalue weighted by Gasteiger charge is -2.09. The highest BCUT2D eigenvalue weighted by atomic mass is 32.2. The minimum atomic E-state index is -0.792. The maximum atomic E-state index is 11.8. The first-order chi connectivity index (χ1) is 13.0. The lowest BCUT2D eigenvalue weighted by molar-refractivity contribution is -0.136. The van der Waals surface area contributed by atoms with Crippen molar-refractivity contribution in [2.45, 2.75) is 68.4 Å². The topological polar surface area (TPSA) is 76.5 Å². The summed E-state index contributed by atoms with van der Waals surface area (Å²) < 4.78 is 6.68. The summed E-state index contributed by atoms with van der Waals surface area (Å²) in [6.45, 7) is 4.28. The van der Waals surface area contributed by atoms with Crippen LogP contribution in [0.15, 0.2) is 22.5 Å². The molecule has 0 aliphatic heterocycles. The van der Waals surface area contributed by atoms with Crippen molar-refractivity contribution in [3.63, 3.8) is 0 Å². The molecule has 1 aromatic heterocycles. The summed E-state index contributed by atoms with van der Waals surface area (Å²) in [5.41, 5.74) is 1.17. The lowest BCUT2D eigenvalue weighted by Crippen LogP contribution is -2.16. The van der Waals surface area contributed by atoms with Gasteiger partial charge in [-0.25, -0.2) is 9.78 Å².